The van der Waals surface area contributed by atoms with Gasteiger partial charge in [-0.3, -0.25) is 4.79 Å². The molecular weight excluding hydrogens is 454 g/mol. The maximum atomic E-state index is 13.0. The van der Waals surface area contributed by atoms with E-state index in [-0.39, 0.29) is 29.1 Å². The molecule has 8 heteroatoms. The maximum Gasteiger partial charge on any atom is 0.374 e. The van der Waals surface area contributed by atoms with Crippen LogP contribution in [-0.2, 0) is 15.9 Å². The standard InChI is InChI=1S/C26H23NO6S/c1-4-9-16-23-18(12-17-20(28)14-21(33-24(16)17)26(30)32-5-2)22(13-19(27-23)25(29)31-3)34-15-10-7-6-8-11-15/h6-8,10-14H,4-5,9H2,1-3H3. The summed E-state index contributed by atoms with van der Waals surface area (Å²) in [4.78, 5) is 44.1. The molecule has 7 nitrogen and oxygen atoms in total. The number of pyridine rings is 1. The molecule has 34 heavy (non-hydrogen) atoms. The van der Waals surface area contributed by atoms with E-state index in [0.717, 1.165) is 22.3 Å². The van der Waals surface area contributed by atoms with Crippen molar-refractivity contribution in [1.29, 1.82) is 0 Å². The Morgan fingerprint density at radius 3 is 2.47 bits per heavy atom. The second kappa shape index (κ2) is 10.1. The number of aryl methyl sites for hydroxylation is 1. The molecule has 2 heterocycles. The van der Waals surface area contributed by atoms with Crippen molar-refractivity contribution in [2.24, 2.45) is 0 Å². The molecule has 174 valence electrons. The third-order valence-electron chi connectivity index (χ3n) is 5.20. The molecule has 4 rings (SSSR count). The van der Waals surface area contributed by atoms with Crippen LogP contribution in [0.3, 0.4) is 0 Å². The molecule has 0 amide bonds. The second-order valence-corrected chi connectivity index (χ2v) is 8.60. The highest BCUT2D eigenvalue weighted by atomic mass is 32.2. The molecule has 0 N–H and O–H groups in total. The molecule has 2 aromatic heterocycles. The fourth-order valence-corrected chi connectivity index (χ4v) is 4.69. The van der Waals surface area contributed by atoms with Crippen LogP contribution in [0.15, 0.2) is 67.5 Å². The molecule has 0 aliphatic rings. The fraction of sp³-hybridized carbons (Fsp3) is 0.231. The van der Waals surface area contributed by atoms with E-state index in [1.807, 2.05) is 37.3 Å². The molecule has 0 radical (unpaired) electrons. The van der Waals surface area contributed by atoms with Crippen LogP contribution in [0.5, 0.6) is 0 Å². The number of hydrogen-bond donors (Lipinski definition) is 0. The molecule has 0 aliphatic heterocycles. The predicted octanol–water partition coefficient (Wildman–Crippen LogP) is 5.41. The number of nitrogens with zero attached hydrogens (tertiary/aromatic N) is 1. The zero-order valence-corrected chi connectivity index (χ0v) is 19.9. The topological polar surface area (TPSA) is 95.7 Å². The maximum absolute atomic E-state index is 13.0. The van der Waals surface area contributed by atoms with Gasteiger partial charge in [-0.2, -0.15) is 0 Å². The van der Waals surface area contributed by atoms with Gasteiger partial charge in [0.15, 0.2) is 5.43 Å². The molecule has 0 aliphatic carbocycles. The van der Waals surface area contributed by atoms with Gasteiger partial charge in [0, 0.05) is 26.8 Å². The summed E-state index contributed by atoms with van der Waals surface area (Å²) in [6.45, 7) is 3.82. The van der Waals surface area contributed by atoms with Crippen LogP contribution >= 0.6 is 11.8 Å². The van der Waals surface area contributed by atoms with Crippen molar-refractivity contribution in [3.63, 3.8) is 0 Å². The third-order valence-corrected chi connectivity index (χ3v) is 6.26. The number of esters is 2. The minimum atomic E-state index is -0.708. The number of aromatic nitrogens is 1. The number of ether oxygens (including phenoxy) is 2. The van der Waals surface area contributed by atoms with E-state index < -0.39 is 11.9 Å². The van der Waals surface area contributed by atoms with E-state index in [2.05, 4.69) is 4.98 Å². The van der Waals surface area contributed by atoms with E-state index in [1.165, 1.54) is 18.9 Å². The first-order valence-corrected chi connectivity index (χ1v) is 11.7. The van der Waals surface area contributed by atoms with Crippen molar-refractivity contribution < 1.29 is 23.5 Å². The average molecular weight is 478 g/mol. The van der Waals surface area contributed by atoms with Gasteiger partial charge in [0.25, 0.3) is 0 Å². The zero-order chi connectivity index (χ0) is 24.2. The van der Waals surface area contributed by atoms with E-state index >= 15 is 0 Å². The average Bonchev–Trinajstić information content (AvgIpc) is 2.84. The Morgan fingerprint density at radius 2 is 1.79 bits per heavy atom. The zero-order valence-electron chi connectivity index (χ0n) is 19.0. The first-order valence-electron chi connectivity index (χ1n) is 10.9. The Labute approximate surface area is 200 Å². The second-order valence-electron chi connectivity index (χ2n) is 7.49. The number of fused-ring (bicyclic) bond motifs is 2. The lowest BCUT2D eigenvalue weighted by molar-refractivity contribution is 0.0490. The molecule has 0 atom stereocenters. The molecule has 0 saturated heterocycles. The number of methoxy groups -OCH3 is 1. The Kier molecular flexibility index (Phi) is 6.98. The number of carbonyl (C=O) groups excluding carboxylic acids is 2. The number of carbonyl (C=O) groups is 2. The first kappa shape index (κ1) is 23.5. The first-order chi connectivity index (χ1) is 16.5. The van der Waals surface area contributed by atoms with E-state index in [4.69, 9.17) is 13.9 Å². The normalized spacial score (nSPS) is 11.0. The SMILES string of the molecule is CCCc1c2nc(C(=O)OC)cc(Sc3ccccc3)c2cc2c(=O)cc(C(=O)OCC)oc12. The smallest absolute Gasteiger partial charge is 0.374 e. The summed E-state index contributed by atoms with van der Waals surface area (Å²) in [5.74, 6) is -1.44. The van der Waals surface area contributed by atoms with Crippen LogP contribution in [0, 0.1) is 0 Å². The van der Waals surface area contributed by atoms with Gasteiger partial charge in [-0.05, 0) is 37.6 Å². The van der Waals surface area contributed by atoms with Crippen molar-refractivity contribution in [2.45, 2.75) is 36.5 Å². The molecule has 0 spiro atoms. The van der Waals surface area contributed by atoms with Crippen molar-refractivity contribution in [1.82, 2.24) is 4.98 Å². The predicted molar refractivity (Wildman–Crippen MR) is 130 cm³/mol. The summed E-state index contributed by atoms with van der Waals surface area (Å²) in [6, 6.07) is 14.2. The van der Waals surface area contributed by atoms with Gasteiger partial charge in [0.05, 0.1) is 24.6 Å². The van der Waals surface area contributed by atoms with Gasteiger partial charge < -0.3 is 13.9 Å². The Balaban J connectivity index is 2.07. The van der Waals surface area contributed by atoms with Crippen molar-refractivity contribution in [3.8, 4) is 0 Å². The molecule has 4 aromatic rings. The Morgan fingerprint density at radius 1 is 1.03 bits per heavy atom. The molecule has 0 bridgehead atoms. The highest BCUT2D eigenvalue weighted by Gasteiger charge is 2.22. The lowest BCUT2D eigenvalue weighted by atomic mass is 10.0. The molecule has 0 saturated carbocycles. The minimum Gasteiger partial charge on any atom is -0.464 e. The van der Waals surface area contributed by atoms with Crippen LogP contribution in [-0.4, -0.2) is 30.6 Å². The van der Waals surface area contributed by atoms with E-state index in [1.54, 1.807) is 19.1 Å². The number of benzene rings is 2. The van der Waals surface area contributed by atoms with Crippen molar-refractivity contribution in [2.75, 3.05) is 13.7 Å². The summed E-state index contributed by atoms with van der Waals surface area (Å²) in [5.41, 5.74) is 1.25. The largest absolute Gasteiger partial charge is 0.464 e. The van der Waals surface area contributed by atoms with Gasteiger partial charge in [-0.15, -0.1) is 0 Å². The number of rotatable bonds is 7. The van der Waals surface area contributed by atoms with Crippen LogP contribution in [0.2, 0.25) is 0 Å². The van der Waals surface area contributed by atoms with Gasteiger partial charge in [-0.25, -0.2) is 14.6 Å². The molecule has 0 fully saturated rings. The fourth-order valence-electron chi connectivity index (χ4n) is 3.71. The van der Waals surface area contributed by atoms with Crippen LogP contribution in [0.25, 0.3) is 21.9 Å². The summed E-state index contributed by atoms with van der Waals surface area (Å²) in [6.07, 6.45) is 1.25. The highest BCUT2D eigenvalue weighted by molar-refractivity contribution is 7.99. The Bertz CT molecular complexity index is 1450. The third kappa shape index (κ3) is 4.54. The van der Waals surface area contributed by atoms with Crippen molar-refractivity contribution >= 4 is 45.6 Å². The van der Waals surface area contributed by atoms with Gasteiger partial charge in [-0.1, -0.05) is 43.3 Å². The molecule has 0 unspecified atom stereocenters. The summed E-state index contributed by atoms with van der Waals surface area (Å²) < 4.78 is 15.8. The van der Waals surface area contributed by atoms with Crippen LogP contribution in [0.4, 0.5) is 0 Å². The summed E-state index contributed by atoms with van der Waals surface area (Å²) >= 11 is 1.46. The summed E-state index contributed by atoms with van der Waals surface area (Å²) in [7, 11) is 1.30. The Hall–Kier alpha value is -3.65. The quantitative estimate of drug-likeness (QED) is 0.258. The van der Waals surface area contributed by atoms with Gasteiger partial charge in [0.1, 0.15) is 11.3 Å². The molecular formula is C26H23NO6S. The minimum absolute atomic E-state index is 0.147. The number of hydrogen-bond acceptors (Lipinski definition) is 8. The van der Waals surface area contributed by atoms with E-state index in [0.29, 0.717) is 28.3 Å². The lowest BCUT2D eigenvalue weighted by Crippen LogP contribution is -2.12. The summed E-state index contributed by atoms with van der Waals surface area (Å²) in [5, 5.41) is 1.06. The van der Waals surface area contributed by atoms with Crippen LogP contribution in [0.1, 0.15) is 46.9 Å². The highest BCUT2D eigenvalue weighted by Crippen LogP contribution is 2.37. The van der Waals surface area contributed by atoms with Crippen molar-refractivity contribution in [3.05, 3.63) is 75.8 Å². The van der Waals surface area contributed by atoms with E-state index in [9.17, 15) is 14.4 Å². The van der Waals surface area contributed by atoms with Crippen LogP contribution < -0.4 is 5.43 Å². The van der Waals surface area contributed by atoms with Gasteiger partial charge in [0.2, 0.25) is 5.76 Å². The van der Waals surface area contributed by atoms with Gasteiger partial charge >= 0.3 is 11.9 Å². The monoisotopic (exact) mass is 477 g/mol. The lowest BCUT2D eigenvalue weighted by Gasteiger charge is -2.14. The molecule has 2 aromatic carbocycles.